The van der Waals surface area contributed by atoms with Crippen molar-refractivity contribution in [1.82, 2.24) is 0 Å². The molecular weight excluding hydrogens is 264 g/mol. The smallest absolute Gasteiger partial charge is 0.320 e. The minimum atomic E-state index is -1.01. The van der Waals surface area contributed by atoms with Gasteiger partial charge in [0.2, 0.25) is 5.91 Å². The molecule has 0 radical (unpaired) electrons. The fourth-order valence-electron chi connectivity index (χ4n) is 1.33. The number of hydrogen-bond donors (Lipinski definition) is 3. The number of thioether (sulfide) groups is 1. The van der Waals surface area contributed by atoms with Crippen LogP contribution in [0.4, 0.5) is 5.69 Å². The highest BCUT2D eigenvalue weighted by atomic mass is 32.2. The first-order valence-corrected chi connectivity index (χ1v) is 7.07. The third-order valence-electron chi connectivity index (χ3n) is 2.46. The second-order valence-corrected chi connectivity index (χ2v) is 5.31. The quantitative estimate of drug-likeness (QED) is 0.659. The lowest BCUT2D eigenvalue weighted by Gasteiger charge is -2.07. The van der Waals surface area contributed by atoms with Crippen LogP contribution < -0.4 is 11.1 Å². The summed E-state index contributed by atoms with van der Waals surface area (Å²) in [6.45, 7) is 1.98. The van der Waals surface area contributed by atoms with Crippen molar-refractivity contribution in [3.8, 4) is 0 Å². The number of nitrogens with two attached hydrogens (primary N) is 1. The molecule has 0 spiro atoms. The lowest BCUT2D eigenvalue weighted by molar-refractivity contribution is -0.138. The summed E-state index contributed by atoms with van der Waals surface area (Å²) in [7, 11) is 0. The average Bonchev–Trinajstić information content (AvgIpc) is 2.37. The lowest BCUT2D eigenvalue weighted by atomic mass is 10.2. The third-order valence-corrected chi connectivity index (χ3v) is 3.45. The van der Waals surface area contributed by atoms with Gasteiger partial charge in [-0.05, 0) is 31.2 Å². The molecule has 0 aromatic heterocycles. The first-order valence-electron chi connectivity index (χ1n) is 5.91. The topological polar surface area (TPSA) is 92.4 Å². The molecule has 0 aliphatic heterocycles. The van der Waals surface area contributed by atoms with Gasteiger partial charge in [-0.3, -0.25) is 9.59 Å². The van der Waals surface area contributed by atoms with E-state index in [4.69, 9.17) is 10.8 Å². The first kappa shape index (κ1) is 15.5. The molecule has 19 heavy (non-hydrogen) atoms. The Morgan fingerprint density at radius 3 is 2.58 bits per heavy atom. The van der Waals surface area contributed by atoms with Crippen molar-refractivity contribution in [3.63, 3.8) is 0 Å². The molecule has 1 aromatic rings. The fourth-order valence-corrected chi connectivity index (χ4v) is 2.16. The number of aliphatic carboxylic acids is 1. The van der Waals surface area contributed by atoms with E-state index in [2.05, 4.69) is 5.32 Å². The number of carbonyl (C=O) groups excluding carboxylic acids is 1. The van der Waals surface area contributed by atoms with E-state index in [0.29, 0.717) is 17.9 Å². The number of anilines is 1. The maximum absolute atomic E-state index is 11.6. The van der Waals surface area contributed by atoms with Crippen LogP contribution in [-0.2, 0) is 9.59 Å². The number of carboxylic acids is 1. The summed E-state index contributed by atoms with van der Waals surface area (Å²) in [4.78, 5) is 22.1. The number of rotatable bonds is 7. The van der Waals surface area contributed by atoms with E-state index in [-0.39, 0.29) is 5.91 Å². The standard InChI is InChI=1S/C13H18N2O3S/c1-9-2-4-10(5-3-9)15-12(16)8-19-7-6-11(14)13(17)18/h2-5,11H,6-8,14H2,1H3,(H,15,16)(H,17,18). The fraction of sp³-hybridized carbons (Fsp3) is 0.385. The van der Waals surface area contributed by atoms with Gasteiger partial charge in [0.25, 0.3) is 0 Å². The van der Waals surface area contributed by atoms with E-state index in [1.54, 1.807) is 0 Å². The second kappa shape index (κ2) is 7.81. The van der Waals surface area contributed by atoms with Gasteiger partial charge in [-0.2, -0.15) is 11.8 Å². The summed E-state index contributed by atoms with van der Waals surface area (Å²) in [6.07, 6.45) is 0.359. The maximum Gasteiger partial charge on any atom is 0.320 e. The number of benzene rings is 1. The van der Waals surface area contributed by atoms with E-state index in [0.717, 1.165) is 11.3 Å². The molecule has 1 aromatic carbocycles. The summed E-state index contributed by atoms with van der Waals surface area (Å²) in [5.41, 5.74) is 7.25. The predicted molar refractivity (Wildman–Crippen MR) is 77.4 cm³/mol. The second-order valence-electron chi connectivity index (χ2n) is 4.20. The van der Waals surface area contributed by atoms with Crippen LogP contribution in [0.3, 0.4) is 0 Å². The zero-order chi connectivity index (χ0) is 14.3. The van der Waals surface area contributed by atoms with Crippen LogP contribution in [0.5, 0.6) is 0 Å². The predicted octanol–water partition coefficient (Wildman–Crippen LogP) is 1.47. The monoisotopic (exact) mass is 282 g/mol. The van der Waals surface area contributed by atoms with Gasteiger partial charge in [-0.1, -0.05) is 17.7 Å². The van der Waals surface area contributed by atoms with Crippen molar-refractivity contribution < 1.29 is 14.7 Å². The highest BCUT2D eigenvalue weighted by molar-refractivity contribution is 7.99. The maximum atomic E-state index is 11.6. The van der Waals surface area contributed by atoms with E-state index in [1.807, 2.05) is 31.2 Å². The van der Waals surface area contributed by atoms with Crippen molar-refractivity contribution >= 4 is 29.3 Å². The Morgan fingerprint density at radius 1 is 1.37 bits per heavy atom. The Morgan fingerprint density at radius 2 is 2.00 bits per heavy atom. The van der Waals surface area contributed by atoms with Gasteiger partial charge in [0.05, 0.1) is 5.75 Å². The Bertz CT molecular complexity index is 434. The highest BCUT2D eigenvalue weighted by Gasteiger charge is 2.11. The Balaban J connectivity index is 2.21. The van der Waals surface area contributed by atoms with E-state index in [9.17, 15) is 9.59 Å². The molecule has 1 rings (SSSR count). The van der Waals surface area contributed by atoms with Gasteiger partial charge in [0.15, 0.2) is 0 Å². The molecule has 1 atom stereocenters. The van der Waals surface area contributed by atoms with Crippen molar-refractivity contribution in [2.45, 2.75) is 19.4 Å². The Hall–Kier alpha value is -1.53. The molecule has 1 amide bonds. The minimum Gasteiger partial charge on any atom is -0.480 e. The van der Waals surface area contributed by atoms with Crippen LogP contribution in [0.25, 0.3) is 0 Å². The largest absolute Gasteiger partial charge is 0.480 e. The molecule has 4 N–H and O–H groups in total. The molecule has 0 aliphatic carbocycles. The molecule has 1 unspecified atom stereocenters. The van der Waals surface area contributed by atoms with Crippen LogP contribution in [0, 0.1) is 6.92 Å². The first-order chi connectivity index (χ1) is 8.99. The summed E-state index contributed by atoms with van der Waals surface area (Å²) >= 11 is 1.37. The van der Waals surface area contributed by atoms with Crippen LogP contribution in [0.1, 0.15) is 12.0 Å². The van der Waals surface area contributed by atoms with E-state index in [1.165, 1.54) is 11.8 Å². The number of nitrogens with one attached hydrogen (secondary N) is 1. The number of aryl methyl sites for hydroxylation is 1. The Labute approximate surface area is 116 Å². The molecule has 6 heteroatoms. The van der Waals surface area contributed by atoms with Crippen LogP contribution in [0.2, 0.25) is 0 Å². The van der Waals surface area contributed by atoms with Gasteiger partial charge in [-0.15, -0.1) is 0 Å². The molecule has 0 fully saturated rings. The molecule has 0 aliphatic rings. The molecule has 0 saturated heterocycles. The zero-order valence-electron chi connectivity index (χ0n) is 10.8. The number of carbonyl (C=O) groups is 2. The number of amides is 1. The Kier molecular flexibility index (Phi) is 6.38. The van der Waals surface area contributed by atoms with Crippen molar-refractivity contribution in [3.05, 3.63) is 29.8 Å². The minimum absolute atomic E-state index is 0.0993. The van der Waals surface area contributed by atoms with Crippen molar-refractivity contribution in [2.75, 3.05) is 16.8 Å². The molecule has 0 saturated carbocycles. The summed E-state index contributed by atoms with van der Waals surface area (Å²) in [5.74, 6) is -0.267. The van der Waals surface area contributed by atoms with Gasteiger partial charge in [0, 0.05) is 5.69 Å². The van der Waals surface area contributed by atoms with Gasteiger partial charge in [0.1, 0.15) is 6.04 Å². The normalized spacial score (nSPS) is 11.9. The van der Waals surface area contributed by atoms with E-state index < -0.39 is 12.0 Å². The SMILES string of the molecule is Cc1ccc(NC(=O)CSCCC(N)C(=O)O)cc1. The summed E-state index contributed by atoms with van der Waals surface area (Å²) in [6, 6.07) is 6.69. The number of carboxylic acid groups (broad SMARTS) is 1. The molecule has 0 bridgehead atoms. The van der Waals surface area contributed by atoms with Gasteiger partial charge in [-0.25, -0.2) is 0 Å². The van der Waals surface area contributed by atoms with E-state index >= 15 is 0 Å². The zero-order valence-corrected chi connectivity index (χ0v) is 11.6. The van der Waals surface area contributed by atoms with Crippen LogP contribution >= 0.6 is 11.8 Å². The summed E-state index contributed by atoms with van der Waals surface area (Å²) < 4.78 is 0. The van der Waals surface area contributed by atoms with Crippen molar-refractivity contribution in [2.24, 2.45) is 5.73 Å². The van der Waals surface area contributed by atoms with Gasteiger partial charge >= 0.3 is 5.97 Å². The molecule has 5 nitrogen and oxygen atoms in total. The average molecular weight is 282 g/mol. The highest BCUT2D eigenvalue weighted by Crippen LogP contribution is 2.10. The van der Waals surface area contributed by atoms with Crippen molar-refractivity contribution in [1.29, 1.82) is 0 Å². The lowest BCUT2D eigenvalue weighted by Crippen LogP contribution is -2.30. The summed E-state index contributed by atoms with van der Waals surface area (Å²) in [5, 5.41) is 11.4. The third kappa shape index (κ3) is 6.26. The molecular formula is C13H18N2O3S. The molecule has 0 heterocycles. The number of hydrogen-bond acceptors (Lipinski definition) is 4. The van der Waals surface area contributed by atoms with Crippen LogP contribution in [0.15, 0.2) is 24.3 Å². The van der Waals surface area contributed by atoms with Gasteiger partial charge < -0.3 is 16.2 Å². The molecule has 104 valence electrons. The van der Waals surface area contributed by atoms with Crippen LogP contribution in [-0.4, -0.2) is 34.5 Å².